The van der Waals surface area contributed by atoms with E-state index in [1.165, 1.54) is 11.8 Å². The number of aryl methyl sites for hydroxylation is 1. The van der Waals surface area contributed by atoms with E-state index in [0.717, 1.165) is 22.6 Å². The van der Waals surface area contributed by atoms with Crippen LogP contribution in [-0.2, 0) is 10.2 Å². The molecule has 0 aliphatic carbocycles. The van der Waals surface area contributed by atoms with Crippen molar-refractivity contribution in [3.8, 4) is 11.3 Å². The summed E-state index contributed by atoms with van der Waals surface area (Å²) in [5.41, 5.74) is 3.38. The second-order valence-electron chi connectivity index (χ2n) is 7.21. The van der Waals surface area contributed by atoms with Crippen molar-refractivity contribution in [3.05, 3.63) is 53.9 Å². The van der Waals surface area contributed by atoms with Gasteiger partial charge in [-0.15, -0.1) is 0 Å². The van der Waals surface area contributed by atoms with E-state index in [-0.39, 0.29) is 17.1 Å². The van der Waals surface area contributed by atoms with Crippen LogP contribution in [0.1, 0.15) is 32.2 Å². The van der Waals surface area contributed by atoms with Crippen LogP contribution in [0.5, 0.6) is 0 Å². The van der Waals surface area contributed by atoms with E-state index in [1.807, 2.05) is 64.1 Å². The molecule has 0 bridgehead atoms. The van der Waals surface area contributed by atoms with Gasteiger partial charge < -0.3 is 4.52 Å². The Bertz CT molecular complexity index is 933. The lowest BCUT2D eigenvalue weighted by atomic mass is 9.92. The lowest BCUT2D eigenvalue weighted by Crippen LogP contribution is -2.14. The largest absolute Gasteiger partial charge is 0.338 e. The monoisotopic (exact) mass is 382 g/mol. The number of nitrogens with one attached hydrogen (secondary N) is 1. The molecule has 3 aromatic rings. The van der Waals surface area contributed by atoms with Crippen molar-refractivity contribution in [2.75, 3.05) is 11.1 Å². The smallest absolute Gasteiger partial charge is 0.237 e. The van der Waals surface area contributed by atoms with E-state index in [2.05, 4.69) is 20.4 Å². The predicted octanol–water partition coefficient (Wildman–Crippen LogP) is 4.47. The fraction of sp³-hybridized carbons (Fsp3) is 0.300. The van der Waals surface area contributed by atoms with Crippen LogP contribution in [-0.4, -0.2) is 26.8 Å². The highest BCUT2D eigenvalue weighted by atomic mass is 32.2. The molecule has 7 heteroatoms. The summed E-state index contributed by atoms with van der Waals surface area (Å²) >= 11 is 1.29. The highest BCUT2D eigenvalue weighted by Gasteiger charge is 2.19. The number of rotatable bonds is 5. The van der Waals surface area contributed by atoms with Gasteiger partial charge in [0, 0.05) is 22.7 Å². The highest BCUT2D eigenvalue weighted by Crippen LogP contribution is 2.24. The standard InChI is InChI=1S/C20H22N4O2S/c1-13-10-15(14-8-6-5-7-9-14)22-19(21-13)27-12-17(25)23-18-11-16(24-26-18)20(2,3)4/h5-11H,12H2,1-4H3,(H,23,25). The summed E-state index contributed by atoms with van der Waals surface area (Å²) in [6, 6.07) is 13.6. The van der Waals surface area contributed by atoms with Crippen molar-refractivity contribution >= 4 is 23.6 Å². The number of amides is 1. The quantitative estimate of drug-likeness (QED) is 0.518. The van der Waals surface area contributed by atoms with Crippen molar-refractivity contribution in [1.82, 2.24) is 15.1 Å². The molecular weight excluding hydrogens is 360 g/mol. The summed E-state index contributed by atoms with van der Waals surface area (Å²) in [5, 5.41) is 7.28. The number of thioether (sulfide) groups is 1. The zero-order chi connectivity index (χ0) is 19.4. The minimum atomic E-state index is -0.192. The van der Waals surface area contributed by atoms with Gasteiger partial charge in [-0.3, -0.25) is 10.1 Å². The molecule has 0 aliphatic heterocycles. The summed E-state index contributed by atoms with van der Waals surface area (Å²) in [6.07, 6.45) is 0. The fourth-order valence-electron chi connectivity index (χ4n) is 2.35. The van der Waals surface area contributed by atoms with Gasteiger partial charge in [0.2, 0.25) is 11.8 Å². The van der Waals surface area contributed by atoms with Crippen molar-refractivity contribution in [2.45, 2.75) is 38.3 Å². The zero-order valence-corrected chi connectivity index (χ0v) is 16.6. The van der Waals surface area contributed by atoms with Gasteiger partial charge in [0.15, 0.2) is 5.16 Å². The molecule has 0 spiro atoms. The number of hydrogen-bond acceptors (Lipinski definition) is 6. The predicted molar refractivity (Wildman–Crippen MR) is 107 cm³/mol. The minimum absolute atomic E-state index is 0.134. The molecule has 140 valence electrons. The highest BCUT2D eigenvalue weighted by molar-refractivity contribution is 7.99. The molecule has 2 heterocycles. The SMILES string of the molecule is Cc1cc(-c2ccccc2)nc(SCC(=O)Nc2cc(C(C)(C)C)no2)n1. The minimum Gasteiger partial charge on any atom is -0.338 e. The Morgan fingerprint density at radius 3 is 2.56 bits per heavy atom. The maximum absolute atomic E-state index is 12.2. The summed E-state index contributed by atoms with van der Waals surface area (Å²) in [7, 11) is 0. The van der Waals surface area contributed by atoms with E-state index in [1.54, 1.807) is 6.07 Å². The zero-order valence-electron chi connectivity index (χ0n) is 15.8. The summed E-state index contributed by atoms with van der Waals surface area (Å²) in [6.45, 7) is 8.02. The Morgan fingerprint density at radius 2 is 1.89 bits per heavy atom. The summed E-state index contributed by atoms with van der Waals surface area (Å²) < 4.78 is 5.19. The van der Waals surface area contributed by atoms with Crippen LogP contribution in [0.3, 0.4) is 0 Å². The molecule has 3 rings (SSSR count). The van der Waals surface area contributed by atoms with E-state index in [4.69, 9.17) is 4.52 Å². The third kappa shape index (κ3) is 5.17. The van der Waals surface area contributed by atoms with Crippen molar-refractivity contribution < 1.29 is 9.32 Å². The van der Waals surface area contributed by atoms with E-state index < -0.39 is 0 Å². The maximum atomic E-state index is 12.2. The first kappa shape index (κ1) is 19.1. The molecule has 27 heavy (non-hydrogen) atoms. The molecule has 2 aromatic heterocycles. The van der Waals surface area contributed by atoms with Gasteiger partial charge in [0.05, 0.1) is 17.1 Å². The van der Waals surface area contributed by atoms with Crippen LogP contribution < -0.4 is 5.32 Å². The molecule has 0 unspecified atom stereocenters. The first-order valence-corrected chi connectivity index (χ1v) is 9.61. The molecule has 0 aliphatic rings. The average Bonchev–Trinajstić information content (AvgIpc) is 3.09. The number of nitrogens with zero attached hydrogens (tertiary/aromatic N) is 3. The van der Waals surface area contributed by atoms with Gasteiger partial charge in [0.1, 0.15) is 0 Å². The van der Waals surface area contributed by atoms with Crippen molar-refractivity contribution in [2.24, 2.45) is 0 Å². The van der Waals surface area contributed by atoms with Crippen LogP contribution in [0.2, 0.25) is 0 Å². The topological polar surface area (TPSA) is 80.9 Å². The third-order valence-corrected chi connectivity index (χ3v) is 4.62. The van der Waals surface area contributed by atoms with Crippen LogP contribution in [0, 0.1) is 6.92 Å². The Balaban J connectivity index is 1.64. The van der Waals surface area contributed by atoms with Crippen molar-refractivity contribution in [3.63, 3.8) is 0 Å². The van der Waals surface area contributed by atoms with Gasteiger partial charge in [-0.2, -0.15) is 0 Å². The molecule has 0 saturated carbocycles. The van der Waals surface area contributed by atoms with Crippen LogP contribution in [0.25, 0.3) is 11.3 Å². The number of hydrogen-bond donors (Lipinski definition) is 1. The number of aromatic nitrogens is 3. The van der Waals surface area contributed by atoms with Gasteiger partial charge in [-0.05, 0) is 13.0 Å². The Hall–Kier alpha value is -2.67. The average molecular weight is 382 g/mol. The maximum Gasteiger partial charge on any atom is 0.237 e. The first-order valence-electron chi connectivity index (χ1n) is 8.62. The molecular formula is C20H22N4O2S. The Kier molecular flexibility index (Phi) is 5.60. The summed E-state index contributed by atoms with van der Waals surface area (Å²) in [5.74, 6) is 0.340. The van der Waals surface area contributed by atoms with Crippen LogP contribution in [0.15, 0.2) is 52.1 Å². The molecule has 6 nitrogen and oxygen atoms in total. The van der Waals surface area contributed by atoms with E-state index >= 15 is 0 Å². The van der Waals surface area contributed by atoms with Gasteiger partial charge in [-0.1, -0.05) is 68.0 Å². The lowest BCUT2D eigenvalue weighted by molar-refractivity contribution is -0.113. The van der Waals surface area contributed by atoms with E-state index in [0.29, 0.717) is 11.0 Å². The molecule has 1 amide bonds. The molecule has 0 radical (unpaired) electrons. The van der Waals surface area contributed by atoms with Crippen molar-refractivity contribution in [1.29, 1.82) is 0 Å². The second kappa shape index (κ2) is 7.92. The molecule has 0 saturated heterocycles. The molecule has 0 fully saturated rings. The van der Waals surface area contributed by atoms with Crippen LogP contribution >= 0.6 is 11.8 Å². The van der Waals surface area contributed by atoms with Gasteiger partial charge in [-0.25, -0.2) is 9.97 Å². The Morgan fingerprint density at radius 1 is 1.15 bits per heavy atom. The molecule has 1 N–H and O–H groups in total. The Labute approximate surface area is 162 Å². The third-order valence-electron chi connectivity index (χ3n) is 3.78. The fourth-order valence-corrected chi connectivity index (χ4v) is 3.06. The molecule has 1 aromatic carbocycles. The lowest BCUT2D eigenvalue weighted by Gasteiger charge is -2.12. The summed E-state index contributed by atoms with van der Waals surface area (Å²) in [4.78, 5) is 21.2. The number of carbonyl (C=O) groups excluding carboxylic acids is 1. The second-order valence-corrected chi connectivity index (χ2v) is 8.15. The molecule has 0 atom stereocenters. The number of anilines is 1. The number of benzene rings is 1. The van der Waals surface area contributed by atoms with Gasteiger partial charge >= 0.3 is 0 Å². The first-order chi connectivity index (χ1) is 12.8. The van der Waals surface area contributed by atoms with E-state index in [9.17, 15) is 4.79 Å². The normalized spacial score (nSPS) is 11.4. The van der Waals surface area contributed by atoms with Crippen LogP contribution in [0.4, 0.5) is 5.88 Å². The number of carbonyl (C=O) groups is 1. The van der Waals surface area contributed by atoms with Gasteiger partial charge in [0.25, 0.3) is 0 Å².